The second-order valence-corrected chi connectivity index (χ2v) is 4.80. The minimum absolute atomic E-state index is 0.379. The average Bonchev–Trinajstić information content (AvgIpc) is 2.25. The molecule has 0 spiro atoms. The minimum Gasteiger partial charge on any atom is -0.406 e. The topological polar surface area (TPSA) is 111 Å². The Morgan fingerprint density at radius 3 is 2.16 bits per heavy atom. The molecule has 0 aliphatic carbocycles. The van der Waals surface area contributed by atoms with Crippen LogP contribution in [0, 0.1) is 0 Å². The quantitative estimate of drug-likeness (QED) is 0.701. The first kappa shape index (κ1) is 15.0. The van der Waals surface area contributed by atoms with Crippen LogP contribution in [-0.4, -0.2) is 20.8 Å². The summed E-state index contributed by atoms with van der Waals surface area (Å²) in [7, 11) is -4.11. The maximum absolute atomic E-state index is 11.9. The van der Waals surface area contributed by atoms with Crippen LogP contribution in [0.2, 0.25) is 0 Å². The number of primary amides is 1. The SMILES string of the molecule is NC(=O)NNS(=O)(=O)c1ccc(OC(F)(F)F)cc1. The third-order valence-corrected chi connectivity index (χ3v) is 2.94. The highest BCUT2D eigenvalue weighted by Gasteiger charge is 2.31. The number of carbonyl (C=O) groups is 1. The highest BCUT2D eigenvalue weighted by molar-refractivity contribution is 7.89. The summed E-state index contributed by atoms with van der Waals surface area (Å²) < 4.78 is 62.2. The van der Waals surface area contributed by atoms with E-state index in [2.05, 4.69) is 10.5 Å². The van der Waals surface area contributed by atoms with Crippen molar-refractivity contribution < 1.29 is 31.1 Å². The van der Waals surface area contributed by atoms with Gasteiger partial charge in [0.05, 0.1) is 4.90 Å². The van der Waals surface area contributed by atoms with Gasteiger partial charge in [-0.05, 0) is 24.3 Å². The maximum Gasteiger partial charge on any atom is 0.573 e. The van der Waals surface area contributed by atoms with Crippen LogP contribution >= 0.6 is 0 Å². The van der Waals surface area contributed by atoms with Gasteiger partial charge >= 0.3 is 12.4 Å². The number of halogens is 3. The Bertz CT molecular complexity index is 556. The normalized spacial score (nSPS) is 11.9. The number of ether oxygens (including phenoxy) is 1. The third kappa shape index (κ3) is 5.01. The van der Waals surface area contributed by atoms with Crippen LogP contribution < -0.4 is 20.7 Å². The predicted molar refractivity (Wildman–Crippen MR) is 56.2 cm³/mol. The predicted octanol–water partition coefficient (Wildman–Crippen LogP) is 0.447. The number of sulfonamides is 1. The van der Waals surface area contributed by atoms with E-state index < -0.39 is 28.2 Å². The summed E-state index contributed by atoms with van der Waals surface area (Å²) in [5.41, 5.74) is 6.28. The van der Waals surface area contributed by atoms with E-state index in [-0.39, 0.29) is 4.90 Å². The molecule has 19 heavy (non-hydrogen) atoms. The monoisotopic (exact) mass is 299 g/mol. The standard InChI is InChI=1S/C8H8F3N3O4S/c9-8(10,11)18-5-1-3-6(4-2-5)19(16,17)14-13-7(12)15/h1-4,14H,(H3,12,13,15). The molecule has 0 unspecified atom stereocenters. The zero-order chi connectivity index (χ0) is 14.7. The molecule has 4 N–H and O–H groups in total. The van der Waals surface area contributed by atoms with Gasteiger partial charge < -0.3 is 10.5 Å². The number of nitrogens with one attached hydrogen (secondary N) is 2. The van der Waals surface area contributed by atoms with E-state index >= 15 is 0 Å². The molecule has 0 aromatic heterocycles. The number of benzene rings is 1. The second kappa shape index (κ2) is 5.32. The van der Waals surface area contributed by atoms with Crippen molar-refractivity contribution in [2.75, 3.05) is 0 Å². The summed E-state index contributed by atoms with van der Waals surface area (Å²) in [6, 6.07) is 2.22. The van der Waals surface area contributed by atoms with Crippen molar-refractivity contribution in [3.05, 3.63) is 24.3 Å². The van der Waals surface area contributed by atoms with Gasteiger partial charge in [-0.1, -0.05) is 0 Å². The van der Waals surface area contributed by atoms with E-state index in [4.69, 9.17) is 0 Å². The number of hydrazine groups is 1. The number of alkyl halides is 3. The Morgan fingerprint density at radius 2 is 1.74 bits per heavy atom. The first-order valence-electron chi connectivity index (χ1n) is 4.53. The number of urea groups is 1. The van der Waals surface area contributed by atoms with Gasteiger partial charge in [-0.2, -0.15) is 0 Å². The van der Waals surface area contributed by atoms with Crippen molar-refractivity contribution in [3.63, 3.8) is 0 Å². The minimum atomic E-state index is -4.87. The van der Waals surface area contributed by atoms with E-state index in [1.54, 1.807) is 10.3 Å². The van der Waals surface area contributed by atoms with Crippen molar-refractivity contribution in [1.29, 1.82) is 0 Å². The van der Waals surface area contributed by atoms with Crippen LogP contribution in [-0.2, 0) is 10.0 Å². The molecule has 0 aliphatic heterocycles. The van der Waals surface area contributed by atoms with Gasteiger partial charge in [-0.25, -0.2) is 13.2 Å². The van der Waals surface area contributed by atoms with Crippen LogP contribution in [0.4, 0.5) is 18.0 Å². The van der Waals surface area contributed by atoms with Gasteiger partial charge in [0.2, 0.25) is 0 Å². The number of hydrogen-bond donors (Lipinski definition) is 3. The molecule has 106 valence electrons. The molecule has 11 heteroatoms. The fourth-order valence-electron chi connectivity index (χ4n) is 0.997. The van der Waals surface area contributed by atoms with Gasteiger partial charge in [0.1, 0.15) is 5.75 Å². The molecule has 1 aromatic rings. The molecule has 0 atom stereocenters. The lowest BCUT2D eigenvalue weighted by molar-refractivity contribution is -0.274. The van der Waals surface area contributed by atoms with Gasteiger partial charge in [0.15, 0.2) is 0 Å². The summed E-state index contributed by atoms with van der Waals surface area (Å²) in [5, 5.41) is 0. The molecule has 2 amide bonds. The van der Waals surface area contributed by atoms with Crippen LogP contribution in [0.25, 0.3) is 0 Å². The van der Waals surface area contributed by atoms with Crippen LogP contribution in [0.1, 0.15) is 0 Å². The summed E-state index contributed by atoms with van der Waals surface area (Å²) in [5.74, 6) is -0.575. The zero-order valence-corrected chi connectivity index (χ0v) is 9.88. The first-order valence-corrected chi connectivity index (χ1v) is 6.01. The molecule has 0 saturated heterocycles. The number of rotatable bonds is 4. The van der Waals surface area contributed by atoms with Gasteiger partial charge in [-0.15, -0.1) is 18.0 Å². The van der Waals surface area contributed by atoms with Crippen molar-refractivity contribution in [2.24, 2.45) is 5.73 Å². The lowest BCUT2D eigenvalue weighted by Crippen LogP contribution is -2.44. The largest absolute Gasteiger partial charge is 0.573 e. The smallest absolute Gasteiger partial charge is 0.406 e. The highest BCUT2D eigenvalue weighted by atomic mass is 32.2. The Morgan fingerprint density at radius 1 is 1.21 bits per heavy atom. The fourth-order valence-corrected chi connectivity index (χ4v) is 1.84. The average molecular weight is 299 g/mol. The Balaban J connectivity index is 2.84. The van der Waals surface area contributed by atoms with Gasteiger partial charge in [0, 0.05) is 0 Å². The van der Waals surface area contributed by atoms with E-state index in [9.17, 15) is 26.4 Å². The number of amides is 2. The van der Waals surface area contributed by atoms with Crippen LogP contribution in [0.5, 0.6) is 5.75 Å². The van der Waals surface area contributed by atoms with Crippen molar-refractivity contribution in [1.82, 2.24) is 10.3 Å². The molecule has 1 rings (SSSR count). The lowest BCUT2D eigenvalue weighted by Gasteiger charge is -2.10. The molecule has 0 aliphatic rings. The molecule has 0 saturated carbocycles. The lowest BCUT2D eigenvalue weighted by atomic mass is 10.3. The van der Waals surface area contributed by atoms with E-state index in [1.165, 1.54) is 0 Å². The highest BCUT2D eigenvalue weighted by Crippen LogP contribution is 2.23. The van der Waals surface area contributed by atoms with Crippen molar-refractivity contribution in [2.45, 2.75) is 11.3 Å². The van der Waals surface area contributed by atoms with Crippen LogP contribution in [0.3, 0.4) is 0 Å². The van der Waals surface area contributed by atoms with E-state index in [0.717, 1.165) is 24.3 Å². The van der Waals surface area contributed by atoms with Gasteiger partial charge in [-0.3, -0.25) is 5.43 Å². The van der Waals surface area contributed by atoms with Crippen LogP contribution in [0.15, 0.2) is 29.2 Å². The van der Waals surface area contributed by atoms with Crippen molar-refractivity contribution >= 4 is 16.1 Å². The second-order valence-electron chi connectivity index (χ2n) is 3.11. The molecule has 7 nitrogen and oxygen atoms in total. The maximum atomic E-state index is 11.9. The molecule has 0 heterocycles. The summed E-state index contributed by atoms with van der Waals surface area (Å²) in [6.07, 6.45) is -4.87. The Kier molecular flexibility index (Phi) is 4.21. The first-order chi connectivity index (χ1) is 8.60. The number of hydrogen-bond acceptors (Lipinski definition) is 4. The Hall–Kier alpha value is -2.01. The fraction of sp³-hybridized carbons (Fsp3) is 0.125. The van der Waals surface area contributed by atoms with Crippen molar-refractivity contribution in [3.8, 4) is 5.75 Å². The molecular weight excluding hydrogens is 291 g/mol. The van der Waals surface area contributed by atoms with E-state index in [1.807, 2.05) is 0 Å². The summed E-state index contributed by atoms with van der Waals surface area (Å²) in [6.45, 7) is 0. The Labute approximate surface area is 105 Å². The summed E-state index contributed by atoms with van der Waals surface area (Å²) >= 11 is 0. The van der Waals surface area contributed by atoms with E-state index in [0.29, 0.717) is 0 Å². The molecule has 0 fully saturated rings. The number of nitrogens with two attached hydrogens (primary N) is 1. The zero-order valence-electron chi connectivity index (χ0n) is 9.06. The molecular formula is C8H8F3N3O4S. The van der Waals surface area contributed by atoms with Gasteiger partial charge in [0.25, 0.3) is 10.0 Å². The molecule has 1 aromatic carbocycles. The number of carbonyl (C=O) groups excluding carboxylic acids is 1. The molecule has 0 bridgehead atoms. The summed E-state index contributed by atoms with van der Waals surface area (Å²) in [4.78, 5) is 11.6. The molecule has 0 radical (unpaired) electrons. The third-order valence-electron chi connectivity index (χ3n) is 1.68.